The number of hydrogen-bond donors (Lipinski definition) is 2. The molecule has 0 aromatic rings. The lowest BCUT2D eigenvalue weighted by Crippen LogP contribution is -2.42. The summed E-state index contributed by atoms with van der Waals surface area (Å²) in [6.45, 7) is 6.24. The molecule has 0 aliphatic heterocycles. The minimum absolute atomic E-state index is 0.162. The lowest BCUT2D eigenvalue weighted by molar-refractivity contribution is -0.0000607. The topological polar surface area (TPSA) is 43.7 Å². The second kappa shape index (κ2) is 5.83. The molecule has 0 radical (unpaired) electrons. The van der Waals surface area contributed by atoms with Crippen LogP contribution in [0, 0.1) is 17.8 Å². The van der Waals surface area contributed by atoms with Crippen molar-refractivity contribution in [2.75, 3.05) is 26.7 Å². The summed E-state index contributed by atoms with van der Waals surface area (Å²) in [6.07, 6.45) is 1.99. The van der Waals surface area contributed by atoms with E-state index in [1.807, 2.05) is 7.05 Å². The van der Waals surface area contributed by atoms with Gasteiger partial charge in [0.15, 0.2) is 0 Å². The Balaban J connectivity index is 2.45. The van der Waals surface area contributed by atoms with E-state index >= 15 is 0 Å². The van der Waals surface area contributed by atoms with Crippen molar-refractivity contribution in [1.29, 1.82) is 0 Å². The normalized spacial score (nSPS) is 37.2. The molecule has 4 atom stereocenters. The van der Waals surface area contributed by atoms with Crippen LogP contribution in [0.4, 0.5) is 0 Å². The molecule has 4 unspecified atom stereocenters. The summed E-state index contributed by atoms with van der Waals surface area (Å²) in [7, 11) is 2.01. The molecule has 0 amide bonds. The number of aliphatic hydroxyl groups excluding tert-OH is 2. The first kappa shape index (κ1) is 12.9. The standard InChI is InChI=1S/C12H25NO2/c1-9-6-10(2)11(12(15)7-9)8-13(3)4-5-14/h9-12,14-15H,4-8H2,1-3H3. The van der Waals surface area contributed by atoms with Gasteiger partial charge in [-0.15, -0.1) is 0 Å². The Labute approximate surface area is 93.1 Å². The molecule has 1 aliphatic carbocycles. The molecule has 1 saturated carbocycles. The minimum Gasteiger partial charge on any atom is -0.395 e. The van der Waals surface area contributed by atoms with Gasteiger partial charge in [-0.3, -0.25) is 0 Å². The van der Waals surface area contributed by atoms with E-state index in [9.17, 15) is 5.11 Å². The number of rotatable bonds is 4. The Kier molecular flexibility index (Phi) is 5.03. The molecule has 1 aliphatic rings. The zero-order valence-corrected chi connectivity index (χ0v) is 10.2. The Hall–Kier alpha value is -0.120. The lowest BCUT2D eigenvalue weighted by Gasteiger charge is -2.38. The first-order chi connectivity index (χ1) is 7.04. The van der Waals surface area contributed by atoms with Crippen LogP contribution < -0.4 is 0 Å². The van der Waals surface area contributed by atoms with Crippen LogP contribution in [0.1, 0.15) is 26.7 Å². The van der Waals surface area contributed by atoms with Gasteiger partial charge < -0.3 is 15.1 Å². The maximum Gasteiger partial charge on any atom is 0.0585 e. The molecule has 3 nitrogen and oxygen atoms in total. The first-order valence-electron chi connectivity index (χ1n) is 6.02. The predicted molar refractivity (Wildman–Crippen MR) is 61.6 cm³/mol. The Bertz CT molecular complexity index is 174. The lowest BCUT2D eigenvalue weighted by atomic mass is 9.73. The van der Waals surface area contributed by atoms with Crippen LogP contribution in [0.15, 0.2) is 0 Å². The van der Waals surface area contributed by atoms with Crippen LogP contribution in [0.25, 0.3) is 0 Å². The zero-order chi connectivity index (χ0) is 11.4. The molecule has 0 spiro atoms. The van der Waals surface area contributed by atoms with E-state index in [2.05, 4.69) is 18.7 Å². The SMILES string of the molecule is CC1CC(C)C(CN(C)CCO)C(O)C1. The smallest absolute Gasteiger partial charge is 0.0585 e. The monoisotopic (exact) mass is 215 g/mol. The van der Waals surface area contributed by atoms with E-state index in [-0.39, 0.29) is 12.7 Å². The van der Waals surface area contributed by atoms with Crippen molar-refractivity contribution in [3.63, 3.8) is 0 Å². The summed E-state index contributed by atoms with van der Waals surface area (Å²) in [6, 6.07) is 0. The molecule has 0 saturated heterocycles. The van der Waals surface area contributed by atoms with E-state index in [0.29, 0.717) is 24.3 Å². The summed E-state index contributed by atoms with van der Waals surface area (Å²) >= 11 is 0. The Morgan fingerprint density at radius 2 is 1.93 bits per heavy atom. The fourth-order valence-electron chi connectivity index (χ4n) is 2.80. The third-order valence-corrected chi connectivity index (χ3v) is 3.65. The van der Waals surface area contributed by atoms with Crippen molar-refractivity contribution in [3.05, 3.63) is 0 Å². The highest BCUT2D eigenvalue weighted by Gasteiger charge is 2.33. The Morgan fingerprint density at radius 3 is 2.47 bits per heavy atom. The maximum absolute atomic E-state index is 10.0. The van der Waals surface area contributed by atoms with Crippen molar-refractivity contribution < 1.29 is 10.2 Å². The van der Waals surface area contributed by atoms with E-state index in [1.54, 1.807) is 0 Å². The van der Waals surface area contributed by atoms with Gasteiger partial charge in [-0.2, -0.15) is 0 Å². The molecular weight excluding hydrogens is 190 g/mol. The molecule has 0 aromatic heterocycles. The number of likely N-dealkylation sites (N-methyl/N-ethyl adjacent to an activating group) is 1. The van der Waals surface area contributed by atoms with Gasteiger partial charge in [0, 0.05) is 19.0 Å². The number of nitrogens with zero attached hydrogens (tertiary/aromatic N) is 1. The van der Waals surface area contributed by atoms with Crippen LogP contribution in [-0.2, 0) is 0 Å². The molecule has 0 bridgehead atoms. The van der Waals surface area contributed by atoms with Gasteiger partial charge in [0.1, 0.15) is 0 Å². The number of hydrogen-bond acceptors (Lipinski definition) is 3. The molecule has 90 valence electrons. The second-order valence-electron chi connectivity index (χ2n) is 5.27. The highest BCUT2D eigenvalue weighted by atomic mass is 16.3. The van der Waals surface area contributed by atoms with Crippen molar-refractivity contribution in [2.24, 2.45) is 17.8 Å². The van der Waals surface area contributed by atoms with Crippen LogP contribution >= 0.6 is 0 Å². The average molecular weight is 215 g/mol. The fourth-order valence-corrected chi connectivity index (χ4v) is 2.80. The largest absolute Gasteiger partial charge is 0.395 e. The quantitative estimate of drug-likeness (QED) is 0.734. The van der Waals surface area contributed by atoms with Crippen molar-refractivity contribution in [2.45, 2.75) is 32.8 Å². The van der Waals surface area contributed by atoms with Crippen molar-refractivity contribution >= 4 is 0 Å². The van der Waals surface area contributed by atoms with Crippen molar-refractivity contribution in [3.8, 4) is 0 Å². The highest BCUT2D eigenvalue weighted by Crippen LogP contribution is 2.33. The molecule has 0 aromatic carbocycles. The minimum atomic E-state index is -0.162. The van der Waals surface area contributed by atoms with Crippen LogP contribution in [0.3, 0.4) is 0 Å². The molecular formula is C12H25NO2. The molecule has 1 rings (SSSR count). The second-order valence-corrected chi connectivity index (χ2v) is 5.27. The molecule has 1 fully saturated rings. The summed E-state index contributed by atoms with van der Waals surface area (Å²) in [4.78, 5) is 2.11. The summed E-state index contributed by atoms with van der Waals surface area (Å²) < 4.78 is 0. The Morgan fingerprint density at radius 1 is 1.27 bits per heavy atom. The molecule has 0 heterocycles. The van der Waals surface area contributed by atoms with Gasteiger partial charge in [-0.05, 0) is 31.7 Å². The van der Waals surface area contributed by atoms with E-state index in [4.69, 9.17) is 5.11 Å². The van der Waals surface area contributed by atoms with Crippen LogP contribution in [-0.4, -0.2) is 48.0 Å². The van der Waals surface area contributed by atoms with Crippen LogP contribution in [0.2, 0.25) is 0 Å². The van der Waals surface area contributed by atoms with Crippen LogP contribution in [0.5, 0.6) is 0 Å². The van der Waals surface area contributed by atoms with E-state index in [0.717, 1.165) is 13.0 Å². The number of aliphatic hydroxyl groups is 2. The summed E-state index contributed by atoms with van der Waals surface area (Å²) in [5.74, 6) is 1.61. The maximum atomic E-state index is 10.0. The van der Waals surface area contributed by atoms with Gasteiger partial charge in [-0.25, -0.2) is 0 Å². The average Bonchev–Trinajstić information content (AvgIpc) is 2.11. The predicted octanol–water partition coefficient (Wildman–Crippen LogP) is 0.954. The van der Waals surface area contributed by atoms with Crippen molar-refractivity contribution in [1.82, 2.24) is 4.90 Å². The third-order valence-electron chi connectivity index (χ3n) is 3.65. The van der Waals surface area contributed by atoms with Gasteiger partial charge in [0.05, 0.1) is 12.7 Å². The first-order valence-corrected chi connectivity index (χ1v) is 6.02. The van der Waals surface area contributed by atoms with Gasteiger partial charge in [0.25, 0.3) is 0 Å². The summed E-state index contributed by atoms with van der Waals surface area (Å²) in [5.41, 5.74) is 0. The summed E-state index contributed by atoms with van der Waals surface area (Å²) in [5, 5.41) is 18.9. The molecule has 2 N–H and O–H groups in total. The van der Waals surface area contributed by atoms with Gasteiger partial charge in [-0.1, -0.05) is 13.8 Å². The molecule has 3 heteroatoms. The third kappa shape index (κ3) is 3.74. The van der Waals surface area contributed by atoms with Gasteiger partial charge in [0.2, 0.25) is 0 Å². The van der Waals surface area contributed by atoms with E-state index in [1.165, 1.54) is 6.42 Å². The van der Waals surface area contributed by atoms with Gasteiger partial charge >= 0.3 is 0 Å². The zero-order valence-electron chi connectivity index (χ0n) is 10.2. The van der Waals surface area contributed by atoms with E-state index < -0.39 is 0 Å². The molecule has 15 heavy (non-hydrogen) atoms. The fraction of sp³-hybridized carbons (Fsp3) is 1.00. The highest BCUT2D eigenvalue weighted by molar-refractivity contribution is 4.84.